The van der Waals surface area contributed by atoms with E-state index in [1.807, 2.05) is 11.8 Å². The van der Waals surface area contributed by atoms with Crippen LogP contribution < -0.4 is 15.4 Å². The largest absolute Gasteiger partial charge is 0.573 e. The molecule has 1 aromatic rings. The first-order valence-corrected chi connectivity index (χ1v) is 9.02. The van der Waals surface area contributed by atoms with Crippen molar-refractivity contribution in [2.75, 3.05) is 26.2 Å². The lowest BCUT2D eigenvalue weighted by Gasteiger charge is -2.27. The Hall–Kier alpha value is -2.45. The van der Waals surface area contributed by atoms with Gasteiger partial charge in [0.05, 0.1) is 13.1 Å². The number of amides is 1. The summed E-state index contributed by atoms with van der Waals surface area (Å²) >= 11 is 0. The van der Waals surface area contributed by atoms with Gasteiger partial charge in [-0.05, 0) is 32.3 Å². The van der Waals surface area contributed by atoms with Crippen molar-refractivity contribution in [1.82, 2.24) is 15.5 Å². The normalized spacial score (nSPS) is 15.4. The van der Waals surface area contributed by atoms with Crippen molar-refractivity contribution in [3.63, 3.8) is 0 Å². The highest BCUT2D eigenvalue weighted by molar-refractivity contribution is 5.86. The molecule has 27 heavy (non-hydrogen) atoms. The van der Waals surface area contributed by atoms with Gasteiger partial charge in [0.1, 0.15) is 5.75 Å². The lowest BCUT2D eigenvalue weighted by molar-refractivity contribution is -0.274. The van der Waals surface area contributed by atoms with Gasteiger partial charge in [0.2, 0.25) is 5.91 Å². The van der Waals surface area contributed by atoms with E-state index in [1.54, 1.807) is 6.07 Å². The lowest BCUT2D eigenvalue weighted by atomic mass is 10.1. The average molecular weight is 386 g/mol. The lowest BCUT2D eigenvalue weighted by Crippen LogP contribution is -2.46. The summed E-state index contributed by atoms with van der Waals surface area (Å²) in [7, 11) is 0. The zero-order chi connectivity index (χ0) is 19.7. The molecule has 0 saturated carbocycles. The standard InChI is InChI=1S/C18H25F3N4O2/c1-2-22-17(24-13-16(26)25-10-6-3-7-11-25)23-12-14-8-4-5-9-15(14)27-18(19,20)21/h4-5,8-9H,2-3,6-7,10-13H2,1H3,(H2,22,23,24). The van der Waals surface area contributed by atoms with Gasteiger partial charge in [-0.25, -0.2) is 4.99 Å². The van der Waals surface area contributed by atoms with Gasteiger partial charge in [0.25, 0.3) is 0 Å². The number of benzene rings is 1. The minimum Gasteiger partial charge on any atom is -0.405 e. The van der Waals surface area contributed by atoms with E-state index in [0.717, 1.165) is 32.4 Å². The Bertz CT molecular complexity index is 644. The Labute approximate surface area is 156 Å². The Morgan fingerprint density at radius 2 is 1.89 bits per heavy atom. The van der Waals surface area contributed by atoms with Crippen LogP contribution in [0.25, 0.3) is 0 Å². The molecule has 1 heterocycles. The number of guanidine groups is 1. The molecule has 0 unspecified atom stereocenters. The minimum absolute atomic E-state index is 0.0129. The van der Waals surface area contributed by atoms with Gasteiger partial charge in [0.15, 0.2) is 5.96 Å². The van der Waals surface area contributed by atoms with Gasteiger partial charge in [-0.1, -0.05) is 18.2 Å². The molecule has 1 aliphatic heterocycles. The van der Waals surface area contributed by atoms with E-state index in [0.29, 0.717) is 18.1 Å². The molecule has 0 bridgehead atoms. The SMILES string of the molecule is CCNC(=NCc1ccccc1OC(F)(F)F)NCC(=O)N1CCCCC1. The highest BCUT2D eigenvalue weighted by atomic mass is 19.4. The number of likely N-dealkylation sites (tertiary alicyclic amines) is 1. The fraction of sp³-hybridized carbons (Fsp3) is 0.556. The van der Waals surface area contributed by atoms with E-state index in [9.17, 15) is 18.0 Å². The number of ether oxygens (including phenoxy) is 1. The summed E-state index contributed by atoms with van der Waals surface area (Å²) in [6.07, 6.45) is -1.60. The van der Waals surface area contributed by atoms with Crippen molar-refractivity contribution in [2.24, 2.45) is 4.99 Å². The number of hydrogen-bond acceptors (Lipinski definition) is 3. The summed E-state index contributed by atoms with van der Waals surface area (Å²) in [5.41, 5.74) is 0.300. The molecule has 0 aliphatic carbocycles. The van der Waals surface area contributed by atoms with Gasteiger partial charge in [-0.3, -0.25) is 4.79 Å². The number of alkyl halides is 3. The Morgan fingerprint density at radius 1 is 1.19 bits per heavy atom. The first-order chi connectivity index (χ1) is 12.9. The van der Waals surface area contributed by atoms with Gasteiger partial charge >= 0.3 is 6.36 Å². The van der Waals surface area contributed by atoms with Gasteiger partial charge in [-0.15, -0.1) is 13.2 Å². The second kappa shape index (κ2) is 10.0. The van der Waals surface area contributed by atoms with E-state index >= 15 is 0 Å². The predicted octanol–water partition coefficient (Wildman–Crippen LogP) is 2.65. The van der Waals surface area contributed by atoms with Crippen molar-refractivity contribution in [1.29, 1.82) is 0 Å². The van der Waals surface area contributed by atoms with E-state index in [1.165, 1.54) is 18.2 Å². The molecule has 2 N–H and O–H groups in total. The Balaban J connectivity index is 1.97. The van der Waals surface area contributed by atoms with Crippen LogP contribution in [0.15, 0.2) is 29.3 Å². The number of nitrogens with zero attached hydrogens (tertiary/aromatic N) is 2. The first kappa shape index (κ1) is 20.9. The van der Waals surface area contributed by atoms with E-state index < -0.39 is 6.36 Å². The second-order valence-electron chi connectivity index (χ2n) is 6.15. The molecule has 0 radical (unpaired) electrons. The van der Waals surface area contributed by atoms with Crippen molar-refractivity contribution >= 4 is 11.9 Å². The third-order valence-electron chi connectivity index (χ3n) is 4.07. The highest BCUT2D eigenvalue weighted by Gasteiger charge is 2.31. The number of rotatable bonds is 6. The van der Waals surface area contributed by atoms with Crippen molar-refractivity contribution < 1.29 is 22.7 Å². The number of para-hydroxylation sites is 1. The molecule has 1 fully saturated rings. The Morgan fingerprint density at radius 3 is 2.56 bits per heavy atom. The van der Waals surface area contributed by atoms with Gasteiger partial charge < -0.3 is 20.3 Å². The van der Waals surface area contributed by atoms with Gasteiger partial charge in [0, 0.05) is 25.2 Å². The van der Waals surface area contributed by atoms with Crippen LogP contribution in [0.3, 0.4) is 0 Å². The summed E-state index contributed by atoms with van der Waals surface area (Å²) in [6, 6.07) is 5.86. The Kier molecular flexibility index (Phi) is 7.75. The molecule has 1 amide bonds. The van der Waals surface area contributed by atoms with Crippen LogP contribution in [0.1, 0.15) is 31.7 Å². The molecule has 2 rings (SSSR count). The topological polar surface area (TPSA) is 66.0 Å². The molecule has 0 spiro atoms. The van der Waals surface area contributed by atoms with Crippen LogP contribution in [-0.4, -0.2) is 49.3 Å². The third-order valence-corrected chi connectivity index (χ3v) is 4.07. The van der Waals surface area contributed by atoms with E-state index in [2.05, 4.69) is 20.4 Å². The summed E-state index contributed by atoms with van der Waals surface area (Å²) in [4.78, 5) is 18.3. The average Bonchev–Trinajstić information content (AvgIpc) is 2.64. The fourth-order valence-corrected chi connectivity index (χ4v) is 2.78. The van der Waals surface area contributed by atoms with Crippen LogP contribution in [0.5, 0.6) is 5.75 Å². The maximum Gasteiger partial charge on any atom is 0.573 e. The number of halogens is 3. The van der Waals surface area contributed by atoms with Crippen LogP contribution in [0, 0.1) is 0 Å². The van der Waals surface area contributed by atoms with Crippen LogP contribution in [-0.2, 0) is 11.3 Å². The molecule has 1 aliphatic rings. The zero-order valence-electron chi connectivity index (χ0n) is 15.3. The monoisotopic (exact) mass is 386 g/mol. The molecule has 0 aromatic heterocycles. The van der Waals surface area contributed by atoms with E-state index in [4.69, 9.17) is 0 Å². The number of aliphatic imine (C=N–C) groups is 1. The molecule has 9 heteroatoms. The van der Waals surface area contributed by atoms with E-state index in [-0.39, 0.29) is 24.7 Å². The minimum atomic E-state index is -4.76. The zero-order valence-corrected chi connectivity index (χ0v) is 15.3. The summed E-state index contributed by atoms with van der Waals surface area (Å²) in [5, 5.41) is 5.92. The predicted molar refractivity (Wildman–Crippen MR) is 96.4 cm³/mol. The first-order valence-electron chi connectivity index (χ1n) is 9.02. The maximum absolute atomic E-state index is 12.5. The molecule has 0 atom stereocenters. The number of carbonyl (C=O) groups excluding carboxylic acids is 1. The van der Waals surface area contributed by atoms with Crippen LogP contribution >= 0.6 is 0 Å². The second-order valence-corrected chi connectivity index (χ2v) is 6.15. The summed E-state index contributed by atoms with van der Waals surface area (Å²) in [5.74, 6) is 0.0692. The third kappa shape index (κ3) is 7.36. The highest BCUT2D eigenvalue weighted by Crippen LogP contribution is 2.26. The van der Waals surface area contributed by atoms with Crippen LogP contribution in [0.4, 0.5) is 13.2 Å². The quantitative estimate of drug-likeness (QED) is 0.583. The number of carbonyl (C=O) groups is 1. The molecule has 1 aromatic carbocycles. The van der Waals surface area contributed by atoms with Crippen molar-refractivity contribution in [3.05, 3.63) is 29.8 Å². The van der Waals surface area contributed by atoms with Crippen molar-refractivity contribution in [3.8, 4) is 5.75 Å². The number of nitrogens with one attached hydrogen (secondary N) is 2. The smallest absolute Gasteiger partial charge is 0.405 e. The summed E-state index contributed by atoms with van der Waals surface area (Å²) in [6.45, 7) is 4.02. The van der Waals surface area contributed by atoms with Crippen LogP contribution in [0.2, 0.25) is 0 Å². The number of piperidine rings is 1. The maximum atomic E-state index is 12.5. The number of hydrogen-bond donors (Lipinski definition) is 2. The fourth-order valence-electron chi connectivity index (χ4n) is 2.78. The molecular weight excluding hydrogens is 361 g/mol. The van der Waals surface area contributed by atoms with Gasteiger partial charge in [-0.2, -0.15) is 0 Å². The molecular formula is C18H25F3N4O2. The summed E-state index contributed by atoms with van der Waals surface area (Å²) < 4.78 is 41.5. The molecule has 150 valence electrons. The van der Waals surface area contributed by atoms with Crippen molar-refractivity contribution in [2.45, 2.75) is 39.1 Å². The molecule has 1 saturated heterocycles. The molecule has 6 nitrogen and oxygen atoms in total.